The number of nitro groups is 1. The maximum atomic E-state index is 12.3. The lowest BCUT2D eigenvalue weighted by Crippen LogP contribution is -2.52. The van der Waals surface area contributed by atoms with Crippen molar-refractivity contribution < 1.29 is 13.3 Å². The van der Waals surface area contributed by atoms with Crippen LogP contribution >= 0.6 is 12.4 Å². The molecule has 0 aliphatic heterocycles. The molecule has 1 aromatic carbocycles. The zero-order valence-corrected chi connectivity index (χ0v) is 15.1. The van der Waals surface area contributed by atoms with Gasteiger partial charge < -0.3 is 5.73 Å². The van der Waals surface area contributed by atoms with E-state index >= 15 is 0 Å². The third-order valence-electron chi connectivity index (χ3n) is 3.22. The van der Waals surface area contributed by atoms with E-state index in [1.807, 2.05) is 13.8 Å². The molecule has 0 spiro atoms. The SMILES string of the molecule is CC(C)CC(C)(CN)NS(=O)(=O)Cc1ccc([N+](=O)[O-])cc1.Cl. The molecule has 0 radical (unpaired) electrons. The summed E-state index contributed by atoms with van der Waals surface area (Å²) >= 11 is 0. The minimum atomic E-state index is -3.58. The van der Waals surface area contributed by atoms with Crippen LogP contribution in [0.4, 0.5) is 5.69 Å². The fraction of sp³-hybridized carbons (Fsp3) is 0.571. The van der Waals surface area contributed by atoms with E-state index in [0.717, 1.165) is 0 Å². The highest BCUT2D eigenvalue weighted by atomic mass is 35.5. The third-order valence-corrected chi connectivity index (χ3v) is 4.73. The Labute approximate surface area is 143 Å². The molecule has 0 heterocycles. The van der Waals surface area contributed by atoms with Crippen LogP contribution in [0, 0.1) is 16.0 Å². The monoisotopic (exact) mass is 365 g/mol. The molecule has 23 heavy (non-hydrogen) atoms. The number of hydrogen-bond acceptors (Lipinski definition) is 5. The molecule has 0 saturated heterocycles. The summed E-state index contributed by atoms with van der Waals surface area (Å²) in [6.07, 6.45) is 0.628. The zero-order chi connectivity index (χ0) is 17.0. The maximum absolute atomic E-state index is 12.3. The van der Waals surface area contributed by atoms with Crippen molar-refractivity contribution in [3.8, 4) is 0 Å². The summed E-state index contributed by atoms with van der Waals surface area (Å²) in [5, 5.41) is 10.6. The van der Waals surface area contributed by atoms with Crippen molar-refractivity contribution >= 4 is 28.1 Å². The van der Waals surface area contributed by atoms with Crippen LogP contribution < -0.4 is 10.5 Å². The largest absolute Gasteiger partial charge is 0.329 e. The number of nitrogens with one attached hydrogen (secondary N) is 1. The maximum Gasteiger partial charge on any atom is 0.269 e. The van der Waals surface area contributed by atoms with Crippen LogP contribution in [0.1, 0.15) is 32.8 Å². The van der Waals surface area contributed by atoms with E-state index in [0.29, 0.717) is 17.9 Å². The van der Waals surface area contributed by atoms with Crippen LogP contribution in [0.15, 0.2) is 24.3 Å². The summed E-state index contributed by atoms with van der Waals surface area (Å²) in [4.78, 5) is 10.1. The molecule has 0 fully saturated rings. The third kappa shape index (κ3) is 7.26. The second-order valence-corrected chi connectivity index (χ2v) is 7.87. The van der Waals surface area contributed by atoms with E-state index < -0.39 is 20.5 Å². The van der Waals surface area contributed by atoms with Gasteiger partial charge in [-0.1, -0.05) is 26.0 Å². The van der Waals surface area contributed by atoms with Gasteiger partial charge in [0.2, 0.25) is 10.0 Å². The Balaban J connectivity index is 0.00000484. The van der Waals surface area contributed by atoms with Crippen molar-refractivity contribution in [2.24, 2.45) is 11.7 Å². The first-order valence-corrected chi connectivity index (χ1v) is 8.67. The van der Waals surface area contributed by atoms with Crippen LogP contribution in [0.2, 0.25) is 0 Å². The molecule has 9 heteroatoms. The van der Waals surface area contributed by atoms with Crippen LogP contribution in [-0.2, 0) is 15.8 Å². The molecule has 1 aromatic rings. The van der Waals surface area contributed by atoms with Gasteiger partial charge in [0.05, 0.1) is 10.7 Å². The second-order valence-electron chi connectivity index (χ2n) is 6.15. The molecule has 0 bridgehead atoms. The first-order chi connectivity index (χ1) is 10.1. The molecule has 0 aliphatic carbocycles. The number of halogens is 1. The Bertz CT molecular complexity index is 619. The highest BCUT2D eigenvalue weighted by Gasteiger charge is 2.29. The summed E-state index contributed by atoms with van der Waals surface area (Å²) in [6.45, 7) is 5.97. The number of sulfonamides is 1. The first-order valence-electron chi connectivity index (χ1n) is 7.02. The smallest absolute Gasteiger partial charge is 0.269 e. The molecule has 1 unspecified atom stereocenters. The molecule has 0 aromatic heterocycles. The quantitative estimate of drug-likeness (QED) is 0.541. The number of hydrogen-bond donors (Lipinski definition) is 2. The molecule has 0 aliphatic rings. The number of nitrogens with two attached hydrogens (primary N) is 1. The van der Waals surface area contributed by atoms with E-state index in [1.54, 1.807) is 6.92 Å². The van der Waals surface area contributed by atoms with Gasteiger partial charge in [0.25, 0.3) is 5.69 Å². The van der Waals surface area contributed by atoms with Gasteiger partial charge in [0.15, 0.2) is 0 Å². The zero-order valence-electron chi connectivity index (χ0n) is 13.5. The van der Waals surface area contributed by atoms with E-state index in [4.69, 9.17) is 5.73 Å². The van der Waals surface area contributed by atoms with Crippen molar-refractivity contribution in [1.82, 2.24) is 4.72 Å². The number of nitrogens with zero attached hydrogens (tertiary/aromatic N) is 1. The summed E-state index contributed by atoms with van der Waals surface area (Å²) in [5.41, 5.74) is 5.43. The van der Waals surface area contributed by atoms with E-state index in [2.05, 4.69) is 4.72 Å². The Morgan fingerprint density at radius 1 is 1.30 bits per heavy atom. The Morgan fingerprint density at radius 2 is 1.83 bits per heavy atom. The highest BCUT2D eigenvalue weighted by Crippen LogP contribution is 2.19. The van der Waals surface area contributed by atoms with Gasteiger partial charge >= 0.3 is 0 Å². The fourth-order valence-corrected chi connectivity index (χ4v) is 4.03. The molecule has 1 atom stereocenters. The second kappa shape index (κ2) is 8.58. The molecule has 132 valence electrons. The lowest BCUT2D eigenvalue weighted by atomic mass is 9.92. The van der Waals surface area contributed by atoms with Crippen molar-refractivity contribution in [3.05, 3.63) is 39.9 Å². The average molecular weight is 366 g/mol. The molecular weight excluding hydrogens is 342 g/mol. The lowest BCUT2D eigenvalue weighted by Gasteiger charge is -2.30. The van der Waals surface area contributed by atoms with Gasteiger partial charge in [-0.25, -0.2) is 13.1 Å². The van der Waals surface area contributed by atoms with E-state index in [9.17, 15) is 18.5 Å². The van der Waals surface area contributed by atoms with Crippen molar-refractivity contribution in [1.29, 1.82) is 0 Å². The van der Waals surface area contributed by atoms with Crippen LogP contribution in [-0.4, -0.2) is 25.4 Å². The van der Waals surface area contributed by atoms with Crippen LogP contribution in [0.3, 0.4) is 0 Å². The average Bonchev–Trinajstić information content (AvgIpc) is 2.37. The Kier molecular flexibility index (Phi) is 8.13. The first kappa shape index (κ1) is 21.8. The van der Waals surface area contributed by atoms with Crippen molar-refractivity contribution in [3.63, 3.8) is 0 Å². The number of rotatable bonds is 8. The Morgan fingerprint density at radius 3 is 2.22 bits per heavy atom. The number of nitro benzene ring substituents is 1. The molecule has 0 saturated carbocycles. The minimum absolute atomic E-state index is 0. The van der Waals surface area contributed by atoms with Gasteiger partial charge in [-0.3, -0.25) is 10.1 Å². The standard InChI is InChI=1S/C14H23N3O4S.ClH/c1-11(2)8-14(3,10-15)16-22(20,21)9-12-4-6-13(7-5-12)17(18)19;/h4-7,11,16H,8-10,15H2,1-3H3;1H. The van der Waals surface area contributed by atoms with E-state index in [-0.39, 0.29) is 30.4 Å². The Hall–Kier alpha value is -1.22. The highest BCUT2D eigenvalue weighted by molar-refractivity contribution is 7.88. The van der Waals surface area contributed by atoms with Gasteiger partial charge in [0.1, 0.15) is 0 Å². The van der Waals surface area contributed by atoms with Crippen LogP contribution in [0.5, 0.6) is 0 Å². The van der Waals surface area contributed by atoms with Crippen LogP contribution in [0.25, 0.3) is 0 Å². The van der Waals surface area contributed by atoms with Gasteiger partial charge in [-0.15, -0.1) is 12.4 Å². The van der Waals surface area contributed by atoms with Crippen molar-refractivity contribution in [2.75, 3.05) is 6.54 Å². The summed E-state index contributed by atoms with van der Waals surface area (Å²) in [5.74, 6) is 0.0641. The molecular formula is C14H24ClN3O4S. The van der Waals surface area contributed by atoms with Gasteiger partial charge in [-0.2, -0.15) is 0 Å². The number of non-ortho nitro benzene ring substituents is 1. The summed E-state index contributed by atoms with van der Waals surface area (Å²) in [7, 11) is -3.58. The van der Waals surface area contributed by atoms with Gasteiger partial charge in [-0.05, 0) is 24.8 Å². The summed E-state index contributed by atoms with van der Waals surface area (Å²) in [6, 6.07) is 5.47. The molecule has 1 rings (SSSR count). The lowest BCUT2D eigenvalue weighted by molar-refractivity contribution is -0.384. The van der Waals surface area contributed by atoms with E-state index in [1.165, 1.54) is 24.3 Å². The predicted molar refractivity (Wildman–Crippen MR) is 93.0 cm³/mol. The minimum Gasteiger partial charge on any atom is -0.329 e. The molecule has 7 nitrogen and oxygen atoms in total. The number of benzene rings is 1. The summed E-state index contributed by atoms with van der Waals surface area (Å²) < 4.78 is 27.2. The normalized spacial score (nSPS) is 14.1. The van der Waals surface area contributed by atoms with Crippen molar-refractivity contribution in [2.45, 2.75) is 38.5 Å². The molecule has 0 amide bonds. The predicted octanol–water partition coefficient (Wildman–Crippen LogP) is 2.20. The fourth-order valence-electron chi connectivity index (χ4n) is 2.41. The molecule has 3 N–H and O–H groups in total. The van der Waals surface area contributed by atoms with Gasteiger partial charge in [0, 0.05) is 24.2 Å². The topological polar surface area (TPSA) is 115 Å².